The number of hydrogen-bond acceptors (Lipinski definition) is 4. The van der Waals surface area contributed by atoms with Gasteiger partial charge in [-0.2, -0.15) is 0 Å². The Morgan fingerprint density at radius 2 is 1.76 bits per heavy atom. The van der Waals surface area contributed by atoms with E-state index in [0.717, 1.165) is 0 Å². The SMILES string of the molecule is CCOC(=O)C(C(=O)CSC(C)(C)C)C(C)C. The van der Waals surface area contributed by atoms with Crippen LogP contribution in [-0.4, -0.2) is 28.9 Å². The molecule has 4 heteroatoms. The van der Waals surface area contributed by atoms with Gasteiger partial charge in [-0.25, -0.2) is 0 Å². The molecule has 0 heterocycles. The maximum atomic E-state index is 12.0. The van der Waals surface area contributed by atoms with Crippen LogP contribution in [0.4, 0.5) is 0 Å². The maximum Gasteiger partial charge on any atom is 0.316 e. The van der Waals surface area contributed by atoms with Crippen molar-refractivity contribution < 1.29 is 14.3 Å². The molecule has 17 heavy (non-hydrogen) atoms. The molecule has 0 bridgehead atoms. The fraction of sp³-hybridized carbons (Fsp3) is 0.846. The molecular formula is C13H24O3S. The average molecular weight is 260 g/mol. The van der Waals surface area contributed by atoms with E-state index in [4.69, 9.17) is 4.74 Å². The van der Waals surface area contributed by atoms with E-state index < -0.39 is 5.92 Å². The molecule has 0 aromatic heterocycles. The Morgan fingerprint density at radius 1 is 1.24 bits per heavy atom. The minimum absolute atomic E-state index is 0.0119. The summed E-state index contributed by atoms with van der Waals surface area (Å²) in [6, 6.07) is 0. The van der Waals surface area contributed by atoms with E-state index in [1.54, 1.807) is 18.7 Å². The molecule has 0 saturated carbocycles. The van der Waals surface area contributed by atoms with E-state index in [-0.39, 0.29) is 22.4 Å². The molecular weight excluding hydrogens is 236 g/mol. The molecule has 0 saturated heterocycles. The van der Waals surface area contributed by atoms with Crippen LogP contribution in [0.25, 0.3) is 0 Å². The number of carbonyl (C=O) groups is 2. The molecule has 0 fully saturated rings. The molecule has 100 valence electrons. The van der Waals surface area contributed by atoms with Gasteiger partial charge in [0.15, 0.2) is 5.78 Å². The normalized spacial score (nSPS) is 13.6. The molecule has 1 atom stereocenters. The summed E-state index contributed by atoms with van der Waals surface area (Å²) in [6.45, 7) is 12.0. The smallest absolute Gasteiger partial charge is 0.316 e. The molecule has 0 N–H and O–H groups in total. The lowest BCUT2D eigenvalue weighted by Crippen LogP contribution is -2.32. The van der Waals surface area contributed by atoms with Gasteiger partial charge in [-0.1, -0.05) is 34.6 Å². The Bertz CT molecular complexity index is 266. The number of rotatable bonds is 6. The van der Waals surface area contributed by atoms with Crippen molar-refractivity contribution in [1.82, 2.24) is 0 Å². The van der Waals surface area contributed by atoms with Gasteiger partial charge >= 0.3 is 5.97 Å². The lowest BCUT2D eigenvalue weighted by Gasteiger charge is -2.21. The first-order chi connectivity index (χ1) is 7.69. The third kappa shape index (κ3) is 6.71. The standard InChI is InChI=1S/C13H24O3S/c1-7-16-12(15)11(9(2)3)10(14)8-17-13(4,5)6/h9,11H,7-8H2,1-6H3. The van der Waals surface area contributed by atoms with Gasteiger partial charge in [-0.3, -0.25) is 9.59 Å². The van der Waals surface area contributed by atoms with Crippen LogP contribution in [0.3, 0.4) is 0 Å². The average Bonchev–Trinajstić information content (AvgIpc) is 2.13. The van der Waals surface area contributed by atoms with Crippen molar-refractivity contribution in [2.75, 3.05) is 12.4 Å². The van der Waals surface area contributed by atoms with Gasteiger partial charge in [-0.05, 0) is 12.8 Å². The Kier molecular flexibility index (Phi) is 6.83. The lowest BCUT2D eigenvalue weighted by atomic mass is 9.92. The molecule has 3 nitrogen and oxygen atoms in total. The zero-order chi connectivity index (χ0) is 13.6. The van der Waals surface area contributed by atoms with Crippen molar-refractivity contribution in [2.24, 2.45) is 11.8 Å². The van der Waals surface area contributed by atoms with Gasteiger partial charge in [0, 0.05) is 4.75 Å². The topological polar surface area (TPSA) is 43.4 Å². The minimum atomic E-state index is -0.621. The third-order valence-electron chi connectivity index (χ3n) is 2.20. The largest absolute Gasteiger partial charge is 0.465 e. The van der Waals surface area contributed by atoms with E-state index in [1.165, 1.54) is 0 Å². The highest BCUT2D eigenvalue weighted by molar-refractivity contribution is 8.01. The maximum absolute atomic E-state index is 12.0. The first kappa shape index (κ1) is 16.5. The Labute approximate surface area is 109 Å². The van der Waals surface area contributed by atoms with E-state index in [0.29, 0.717) is 12.4 Å². The number of esters is 1. The lowest BCUT2D eigenvalue weighted by molar-refractivity contribution is -0.152. The number of carbonyl (C=O) groups excluding carboxylic acids is 2. The van der Waals surface area contributed by atoms with Crippen LogP contribution < -0.4 is 0 Å². The number of ether oxygens (including phenoxy) is 1. The van der Waals surface area contributed by atoms with Gasteiger partial charge in [0.2, 0.25) is 0 Å². The number of Topliss-reactive ketones (excluding diaryl/α,β-unsaturated/α-hetero) is 1. The summed E-state index contributed by atoms with van der Waals surface area (Å²) in [5, 5.41) is 0. The van der Waals surface area contributed by atoms with Gasteiger partial charge in [0.25, 0.3) is 0 Å². The molecule has 0 aromatic rings. The van der Waals surface area contributed by atoms with Gasteiger partial charge in [0.05, 0.1) is 12.4 Å². The van der Waals surface area contributed by atoms with Crippen LogP contribution in [0, 0.1) is 11.8 Å². The molecule has 0 aliphatic heterocycles. The van der Waals surface area contributed by atoms with Crippen LogP contribution in [0.2, 0.25) is 0 Å². The molecule has 0 amide bonds. The Morgan fingerprint density at radius 3 is 2.12 bits per heavy atom. The van der Waals surface area contributed by atoms with Crippen molar-refractivity contribution >= 4 is 23.5 Å². The summed E-state index contributed by atoms with van der Waals surface area (Å²) in [6.07, 6.45) is 0. The van der Waals surface area contributed by atoms with Crippen LogP contribution in [0.15, 0.2) is 0 Å². The fourth-order valence-corrected chi connectivity index (χ4v) is 2.14. The van der Waals surface area contributed by atoms with Gasteiger partial charge in [-0.15, -0.1) is 11.8 Å². The Hall–Kier alpha value is -0.510. The van der Waals surface area contributed by atoms with E-state index in [2.05, 4.69) is 20.8 Å². The number of hydrogen-bond donors (Lipinski definition) is 0. The van der Waals surface area contributed by atoms with E-state index >= 15 is 0 Å². The highest BCUT2D eigenvalue weighted by Gasteiger charge is 2.31. The zero-order valence-electron chi connectivity index (χ0n) is 11.7. The zero-order valence-corrected chi connectivity index (χ0v) is 12.5. The van der Waals surface area contributed by atoms with Crippen molar-refractivity contribution in [3.8, 4) is 0 Å². The molecule has 0 rings (SSSR count). The molecule has 0 radical (unpaired) electrons. The first-order valence-corrected chi connectivity index (χ1v) is 7.01. The molecule has 0 aliphatic carbocycles. The number of ketones is 1. The predicted molar refractivity (Wildman–Crippen MR) is 72.2 cm³/mol. The summed E-state index contributed by atoms with van der Waals surface area (Å²) < 4.78 is 4.98. The van der Waals surface area contributed by atoms with Crippen molar-refractivity contribution in [2.45, 2.75) is 46.3 Å². The Balaban J connectivity index is 4.51. The monoisotopic (exact) mass is 260 g/mol. The second-order valence-corrected chi connectivity index (χ2v) is 7.14. The second-order valence-electron chi connectivity index (χ2n) is 5.34. The summed E-state index contributed by atoms with van der Waals surface area (Å²) in [4.78, 5) is 23.7. The predicted octanol–water partition coefficient (Wildman–Crippen LogP) is 2.92. The molecule has 1 unspecified atom stereocenters. The summed E-state index contributed by atoms with van der Waals surface area (Å²) >= 11 is 1.57. The van der Waals surface area contributed by atoms with Gasteiger partial charge < -0.3 is 4.74 Å². The van der Waals surface area contributed by atoms with Crippen molar-refractivity contribution in [3.63, 3.8) is 0 Å². The van der Waals surface area contributed by atoms with Crippen LogP contribution >= 0.6 is 11.8 Å². The summed E-state index contributed by atoms with van der Waals surface area (Å²) in [5.74, 6) is -0.683. The third-order valence-corrected chi connectivity index (χ3v) is 3.50. The van der Waals surface area contributed by atoms with Crippen molar-refractivity contribution in [1.29, 1.82) is 0 Å². The number of thioether (sulfide) groups is 1. The highest BCUT2D eigenvalue weighted by Crippen LogP contribution is 2.25. The first-order valence-electron chi connectivity index (χ1n) is 6.02. The van der Waals surface area contributed by atoms with E-state index in [9.17, 15) is 9.59 Å². The summed E-state index contributed by atoms with van der Waals surface area (Å²) in [7, 11) is 0. The second kappa shape index (κ2) is 7.04. The van der Waals surface area contributed by atoms with Crippen molar-refractivity contribution in [3.05, 3.63) is 0 Å². The minimum Gasteiger partial charge on any atom is -0.465 e. The van der Waals surface area contributed by atoms with Crippen LogP contribution in [-0.2, 0) is 14.3 Å². The fourth-order valence-electron chi connectivity index (χ4n) is 1.38. The molecule has 0 spiro atoms. The molecule has 0 aromatic carbocycles. The van der Waals surface area contributed by atoms with E-state index in [1.807, 2.05) is 13.8 Å². The quantitative estimate of drug-likeness (QED) is 0.544. The van der Waals surface area contributed by atoms with Gasteiger partial charge in [0.1, 0.15) is 5.92 Å². The van der Waals surface area contributed by atoms with Crippen LogP contribution in [0.1, 0.15) is 41.5 Å². The van der Waals surface area contributed by atoms with Crippen LogP contribution in [0.5, 0.6) is 0 Å². The molecule has 0 aliphatic rings. The summed E-state index contributed by atoms with van der Waals surface area (Å²) in [5.41, 5.74) is 0. The highest BCUT2D eigenvalue weighted by atomic mass is 32.2.